The van der Waals surface area contributed by atoms with Gasteiger partial charge in [-0.05, 0) is 88.2 Å². The first kappa shape index (κ1) is 25.2. The van der Waals surface area contributed by atoms with Gasteiger partial charge in [0.1, 0.15) is 23.0 Å². The molecule has 0 aromatic heterocycles. The molecule has 1 saturated carbocycles. The Hall–Kier alpha value is -1.93. The normalized spacial score (nSPS) is 21.7. The van der Waals surface area contributed by atoms with E-state index >= 15 is 0 Å². The average molecular weight is 499 g/mol. The fourth-order valence-electron chi connectivity index (χ4n) is 5.41. The van der Waals surface area contributed by atoms with Gasteiger partial charge in [-0.3, -0.25) is 0 Å². The van der Waals surface area contributed by atoms with Crippen molar-refractivity contribution in [3.8, 4) is 34.1 Å². The Morgan fingerprint density at radius 1 is 0.794 bits per heavy atom. The number of benzene rings is 2. The van der Waals surface area contributed by atoms with E-state index in [9.17, 15) is 0 Å². The molecule has 2 aromatic carbocycles. The fourth-order valence-corrected chi connectivity index (χ4v) is 7.07. The summed E-state index contributed by atoms with van der Waals surface area (Å²) in [4.78, 5) is 0. The van der Waals surface area contributed by atoms with E-state index in [1.165, 1.54) is 6.42 Å². The molecular formula is C28H42O4Si2. The standard InChI is InChI=1S/C28H42O4Si2/c1-19(2)21-17-16-20(3)18-28(21)29-22-12-10-14-24(31-33(4,5)6)26(22)27-23(30-28)13-11-15-25(27)32-34(7,8)9/h10-15,19-21H,16-18H2,1-9H3/t20-,21+/m0/s1. The fraction of sp³-hybridized carbons (Fsp3) is 0.571. The van der Waals surface area contributed by atoms with Crippen molar-refractivity contribution < 1.29 is 18.3 Å². The van der Waals surface area contributed by atoms with Crippen molar-refractivity contribution in [3.63, 3.8) is 0 Å². The Labute approximate surface area is 208 Å². The summed E-state index contributed by atoms with van der Waals surface area (Å²) in [6, 6.07) is 12.4. The Morgan fingerprint density at radius 2 is 1.26 bits per heavy atom. The highest BCUT2D eigenvalue weighted by Crippen LogP contribution is 2.55. The summed E-state index contributed by atoms with van der Waals surface area (Å²) in [5, 5.41) is 0. The lowest BCUT2D eigenvalue weighted by molar-refractivity contribution is -0.194. The minimum atomic E-state index is -1.88. The van der Waals surface area contributed by atoms with Crippen LogP contribution in [0, 0.1) is 17.8 Å². The van der Waals surface area contributed by atoms with Crippen molar-refractivity contribution in [2.45, 2.75) is 85.1 Å². The van der Waals surface area contributed by atoms with Gasteiger partial charge in [0, 0.05) is 12.3 Å². The molecule has 2 aromatic rings. The average Bonchev–Trinajstić information content (AvgIpc) is 2.80. The summed E-state index contributed by atoms with van der Waals surface area (Å²) >= 11 is 0. The van der Waals surface area contributed by atoms with Crippen LogP contribution in [0.2, 0.25) is 39.3 Å². The van der Waals surface area contributed by atoms with Crippen LogP contribution in [0.25, 0.3) is 11.1 Å². The van der Waals surface area contributed by atoms with Crippen LogP contribution in [0.3, 0.4) is 0 Å². The molecule has 2 atom stereocenters. The number of rotatable bonds is 5. The van der Waals surface area contributed by atoms with Gasteiger partial charge in [-0.2, -0.15) is 0 Å². The van der Waals surface area contributed by atoms with Crippen molar-refractivity contribution in [3.05, 3.63) is 36.4 Å². The van der Waals surface area contributed by atoms with E-state index < -0.39 is 22.4 Å². The minimum Gasteiger partial charge on any atom is -0.544 e. The third kappa shape index (κ3) is 5.18. The van der Waals surface area contributed by atoms with Crippen molar-refractivity contribution in [1.82, 2.24) is 0 Å². The molecular weight excluding hydrogens is 456 g/mol. The summed E-state index contributed by atoms with van der Waals surface area (Å²) in [7, 11) is -3.76. The van der Waals surface area contributed by atoms with Crippen LogP contribution in [0.5, 0.6) is 23.0 Å². The van der Waals surface area contributed by atoms with E-state index in [2.05, 4.69) is 84.3 Å². The molecule has 0 amide bonds. The molecule has 0 saturated heterocycles. The molecule has 1 spiro atoms. The molecule has 0 N–H and O–H groups in total. The Morgan fingerprint density at radius 3 is 1.68 bits per heavy atom. The minimum absolute atomic E-state index is 0.297. The predicted molar refractivity (Wildman–Crippen MR) is 145 cm³/mol. The molecule has 4 nitrogen and oxygen atoms in total. The van der Waals surface area contributed by atoms with Crippen LogP contribution in [0.15, 0.2) is 36.4 Å². The molecule has 0 bridgehead atoms. The molecule has 4 rings (SSSR count). The monoisotopic (exact) mass is 498 g/mol. The molecule has 0 unspecified atom stereocenters. The van der Waals surface area contributed by atoms with Gasteiger partial charge in [0.2, 0.25) is 16.6 Å². The second-order valence-electron chi connectivity index (χ2n) is 12.4. The Bertz CT molecular complexity index is 968. The first-order valence-corrected chi connectivity index (χ1v) is 19.6. The summed E-state index contributed by atoms with van der Waals surface area (Å²) < 4.78 is 27.3. The highest BCUT2D eigenvalue weighted by molar-refractivity contribution is 6.71. The highest BCUT2D eigenvalue weighted by atomic mass is 28.4. The largest absolute Gasteiger partial charge is 0.544 e. The SMILES string of the molecule is CC(C)[C@H]1CC[C@H](C)CC12Oc1cccc(O[Si](C)(C)C)c1-c1c(cccc1O[Si](C)(C)C)O2. The van der Waals surface area contributed by atoms with Crippen molar-refractivity contribution in [2.24, 2.45) is 17.8 Å². The second kappa shape index (κ2) is 8.94. The van der Waals surface area contributed by atoms with Crippen molar-refractivity contribution in [1.29, 1.82) is 0 Å². The van der Waals surface area contributed by atoms with Gasteiger partial charge in [-0.25, -0.2) is 0 Å². The molecule has 1 fully saturated rings. The molecule has 1 aliphatic carbocycles. The third-order valence-electron chi connectivity index (χ3n) is 6.60. The molecule has 1 aliphatic heterocycles. The van der Waals surface area contributed by atoms with Gasteiger partial charge in [0.05, 0.1) is 11.1 Å². The van der Waals surface area contributed by atoms with Gasteiger partial charge in [0.15, 0.2) is 0 Å². The quantitative estimate of drug-likeness (QED) is 0.388. The Kier molecular flexibility index (Phi) is 6.62. The van der Waals surface area contributed by atoms with Crippen LogP contribution in [-0.4, -0.2) is 22.4 Å². The van der Waals surface area contributed by atoms with Gasteiger partial charge in [-0.1, -0.05) is 32.9 Å². The lowest BCUT2D eigenvalue weighted by Crippen LogP contribution is -2.54. The number of fused-ring (bicyclic) bond motifs is 3. The lowest BCUT2D eigenvalue weighted by Gasteiger charge is -2.46. The van der Waals surface area contributed by atoms with Gasteiger partial charge in [-0.15, -0.1) is 0 Å². The molecule has 186 valence electrons. The maximum Gasteiger partial charge on any atom is 0.254 e. The van der Waals surface area contributed by atoms with Gasteiger partial charge in [0.25, 0.3) is 5.79 Å². The first-order valence-electron chi connectivity index (χ1n) is 12.8. The lowest BCUT2D eigenvalue weighted by atomic mass is 9.72. The van der Waals surface area contributed by atoms with Gasteiger partial charge < -0.3 is 18.3 Å². The molecule has 34 heavy (non-hydrogen) atoms. The maximum absolute atomic E-state index is 7.02. The topological polar surface area (TPSA) is 36.9 Å². The zero-order valence-corrected chi connectivity index (χ0v) is 24.5. The third-order valence-corrected chi connectivity index (χ3v) is 8.26. The first-order chi connectivity index (χ1) is 15.8. The number of hydrogen-bond acceptors (Lipinski definition) is 4. The van der Waals surface area contributed by atoms with E-state index in [1.54, 1.807) is 0 Å². The molecule has 1 heterocycles. The van der Waals surface area contributed by atoms with E-state index in [0.29, 0.717) is 17.8 Å². The van der Waals surface area contributed by atoms with Crippen LogP contribution in [-0.2, 0) is 0 Å². The number of hydrogen-bond donors (Lipinski definition) is 0. The van der Waals surface area contributed by atoms with Crippen molar-refractivity contribution >= 4 is 16.6 Å². The Balaban J connectivity index is 1.99. The zero-order valence-electron chi connectivity index (χ0n) is 22.5. The van der Waals surface area contributed by atoms with Crippen molar-refractivity contribution in [2.75, 3.05) is 0 Å². The molecule has 2 aliphatic rings. The van der Waals surface area contributed by atoms with Crippen LogP contribution >= 0.6 is 0 Å². The van der Waals surface area contributed by atoms with E-state index in [0.717, 1.165) is 47.0 Å². The van der Waals surface area contributed by atoms with Crippen LogP contribution in [0.4, 0.5) is 0 Å². The van der Waals surface area contributed by atoms with Gasteiger partial charge >= 0.3 is 0 Å². The molecule has 6 heteroatoms. The predicted octanol–water partition coefficient (Wildman–Crippen LogP) is 8.34. The summed E-state index contributed by atoms with van der Waals surface area (Å²) in [6.07, 6.45) is 3.17. The number of ether oxygens (including phenoxy) is 2. The summed E-state index contributed by atoms with van der Waals surface area (Å²) in [5.74, 6) is 3.95. The van der Waals surface area contributed by atoms with E-state index in [1.807, 2.05) is 12.1 Å². The van der Waals surface area contributed by atoms with E-state index in [4.69, 9.17) is 18.3 Å². The summed E-state index contributed by atoms with van der Waals surface area (Å²) in [5.41, 5.74) is 1.93. The van der Waals surface area contributed by atoms with Crippen LogP contribution in [0.1, 0.15) is 40.0 Å². The molecule has 0 radical (unpaired) electrons. The smallest absolute Gasteiger partial charge is 0.254 e. The maximum atomic E-state index is 7.02. The summed E-state index contributed by atoms with van der Waals surface area (Å²) in [6.45, 7) is 20.2. The highest BCUT2D eigenvalue weighted by Gasteiger charge is 2.51. The zero-order chi connectivity index (χ0) is 24.9. The van der Waals surface area contributed by atoms with Crippen LogP contribution < -0.4 is 18.3 Å². The van der Waals surface area contributed by atoms with E-state index in [-0.39, 0.29) is 0 Å². The second-order valence-corrected chi connectivity index (χ2v) is 21.3.